The van der Waals surface area contributed by atoms with E-state index in [0.717, 1.165) is 0 Å². The molecule has 3 aromatic carbocycles. The van der Waals surface area contributed by atoms with E-state index in [9.17, 15) is 39.5 Å². The van der Waals surface area contributed by atoms with Crippen molar-refractivity contribution in [2.24, 2.45) is 0 Å². The number of benzene rings is 3. The number of hydrogen-bond donors (Lipinski definition) is 0. The standard InChI is InChI=1S/C18H15S.C5H3F9/c1-4-10-16(11-5-1)19(17-12-6-2-7-13-17)18-14-8-3-9-15-18;1-2(6,7)3(8,9)4(10,11)5(12,13)14/h1-15H;1H3/q+1;. The predicted octanol–water partition coefficient (Wildman–Crippen LogP) is 8.26. The van der Waals surface area contributed by atoms with Gasteiger partial charge in [0, 0.05) is 6.92 Å². The van der Waals surface area contributed by atoms with Gasteiger partial charge in [-0.2, -0.15) is 39.5 Å². The Kier molecular flexibility index (Phi) is 8.16. The Hall–Kier alpha value is -2.62. The molecule has 3 aromatic rings. The summed E-state index contributed by atoms with van der Waals surface area (Å²) in [6.07, 6.45) is -6.73. The molecule has 0 atom stereocenters. The maximum Gasteiger partial charge on any atom is 0.460 e. The van der Waals surface area contributed by atoms with Crippen molar-refractivity contribution in [2.75, 3.05) is 0 Å². The summed E-state index contributed by atoms with van der Waals surface area (Å²) in [5, 5.41) is 0. The van der Waals surface area contributed by atoms with Crippen LogP contribution in [0.1, 0.15) is 6.92 Å². The van der Waals surface area contributed by atoms with Crippen LogP contribution in [-0.2, 0) is 10.9 Å². The van der Waals surface area contributed by atoms with Crippen LogP contribution in [0.15, 0.2) is 106 Å². The zero-order valence-corrected chi connectivity index (χ0v) is 17.8. The van der Waals surface area contributed by atoms with Crippen molar-refractivity contribution in [3.8, 4) is 0 Å². The van der Waals surface area contributed by atoms with E-state index in [1.807, 2.05) is 0 Å². The monoisotopic (exact) mass is 497 g/mol. The van der Waals surface area contributed by atoms with Gasteiger partial charge in [0.05, 0.1) is 10.9 Å². The summed E-state index contributed by atoms with van der Waals surface area (Å²) in [5.41, 5.74) is 0. The molecular formula is C23H18F9S+. The van der Waals surface area contributed by atoms with Gasteiger partial charge in [-0.3, -0.25) is 0 Å². The second-order valence-electron chi connectivity index (χ2n) is 6.78. The summed E-state index contributed by atoms with van der Waals surface area (Å²) in [4.78, 5) is 4.08. The van der Waals surface area contributed by atoms with Crippen molar-refractivity contribution < 1.29 is 39.5 Å². The van der Waals surface area contributed by atoms with Crippen LogP contribution < -0.4 is 0 Å². The largest absolute Gasteiger partial charge is 0.460 e. The van der Waals surface area contributed by atoms with Gasteiger partial charge < -0.3 is 0 Å². The Morgan fingerprint density at radius 3 is 0.909 bits per heavy atom. The van der Waals surface area contributed by atoms with Crippen LogP contribution in [-0.4, -0.2) is 23.9 Å². The third kappa shape index (κ3) is 6.04. The highest BCUT2D eigenvalue weighted by Crippen LogP contribution is 2.52. The van der Waals surface area contributed by atoms with Crippen LogP contribution >= 0.6 is 0 Å². The van der Waals surface area contributed by atoms with Crippen molar-refractivity contribution in [3.63, 3.8) is 0 Å². The maximum atomic E-state index is 12.0. The number of hydrogen-bond acceptors (Lipinski definition) is 0. The number of halogens is 9. The maximum absolute atomic E-state index is 12.0. The van der Waals surface area contributed by atoms with Gasteiger partial charge in [-0.25, -0.2) is 0 Å². The average Bonchev–Trinajstić information content (AvgIpc) is 2.75. The Morgan fingerprint density at radius 1 is 0.455 bits per heavy atom. The van der Waals surface area contributed by atoms with Gasteiger partial charge in [0.25, 0.3) is 0 Å². The van der Waals surface area contributed by atoms with Crippen molar-refractivity contribution in [3.05, 3.63) is 91.0 Å². The van der Waals surface area contributed by atoms with E-state index in [1.54, 1.807) is 0 Å². The van der Waals surface area contributed by atoms with Crippen molar-refractivity contribution in [2.45, 2.75) is 45.6 Å². The molecule has 3 rings (SSSR count). The van der Waals surface area contributed by atoms with Crippen molar-refractivity contribution >= 4 is 10.9 Å². The predicted molar refractivity (Wildman–Crippen MR) is 108 cm³/mol. The molecule has 0 spiro atoms. The minimum atomic E-state index is -6.77. The Labute approximate surface area is 187 Å². The summed E-state index contributed by atoms with van der Waals surface area (Å²) in [6, 6.07) is 32.2. The Morgan fingerprint density at radius 2 is 0.727 bits per heavy atom. The molecule has 0 aliphatic heterocycles. The SMILES string of the molecule is CC(F)(F)C(F)(F)C(F)(F)C(F)(F)F.c1ccc([S+](c2ccccc2)c2ccccc2)cc1. The highest BCUT2D eigenvalue weighted by Gasteiger charge is 2.80. The van der Waals surface area contributed by atoms with E-state index in [1.165, 1.54) is 14.7 Å². The van der Waals surface area contributed by atoms with Crippen LogP contribution in [0, 0.1) is 0 Å². The Bertz CT molecular complexity index is 865. The van der Waals surface area contributed by atoms with Crippen LogP contribution in [0.3, 0.4) is 0 Å². The lowest BCUT2D eigenvalue weighted by Gasteiger charge is -2.31. The highest BCUT2D eigenvalue weighted by molar-refractivity contribution is 7.97. The fraction of sp³-hybridized carbons (Fsp3) is 0.217. The van der Waals surface area contributed by atoms with Crippen molar-refractivity contribution in [1.29, 1.82) is 0 Å². The van der Waals surface area contributed by atoms with Gasteiger partial charge in [0.1, 0.15) is 0 Å². The topological polar surface area (TPSA) is 0 Å². The molecule has 0 heterocycles. The molecule has 0 aliphatic carbocycles. The second kappa shape index (κ2) is 10.1. The van der Waals surface area contributed by atoms with Gasteiger partial charge in [-0.05, 0) is 36.4 Å². The molecule has 0 saturated heterocycles. The summed E-state index contributed by atoms with van der Waals surface area (Å²) in [7, 11) is -0.0146. The molecule has 0 nitrogen and oxygen atoms in total. The lowest BCUT2D eigenvalue weighted by Crippen LogP contribution is -2.59. The summed E-state index contributed by atoms with van der Waals surface area (Å²) < 4.78 is 105. The fourth-order valence-corrected chi connectivity index (χ4v) is 4.64. The zero-order valence-electron chi connectivity index (χ0n) is 17.0. The molecule has 10 heteroatoms. The third-order valence-corrected chi connectivity index (χ3v) is 6.47. The minimum absolute atomic E-state index is 0.0146. The van der Waals surface area contributed by atoms with Crippen LogP contribution in [0.25, 0.3) is 0 Å². The molecule has 0 aromatic heterocycles. The van der Waals surface area contributed by atoms with Crippen LogP contribution in [0.5, 0.6) is 0 Å². The average molecular weight is 497 g/mol. The summed E-state index contributed by atoms with van der Waals surface area (Å²) >= 11 is 0. The molecule has 0 N–H and O–H groups in total. The molecule has 0 aliphatic rings. The third-order valence-electron chi connectivity index (χ3n) is 4.24. The number of rotatable bonds is 5. The molecule has 0 radical (unpaired) electrons. The van der Waals surface area contributed by atoms with E-state index in [2.05, 4.69) is 91.0 Å². The minimum Gasteiger partial charge on any atom is -0.200 e. The molecule has 33 heavy (non-hydrogen) atoms. The first kappa shape index (κ1) is 26.6. The fourth-order valence-electron chi connectivity index (χ4n) is 2.53. The molecule has 0 saturated carbocycles. The molecule has 0 amide bonds. The van der Waals surface area contributed by atoms with E-state index in [0.29, 0.717) is 0 Å². The lowest BCUT2D eigenvalue weighted by atomic mass is 10.1. The smallest absolute Gasteiger partial charge is 0.200 e. The van der Waals surface area contributed by atoms with E-state index < -0.39 is 30.9 Å². The molecule has 0 bridgehead atoms. The van der Waals surface area contributed by atoms with Gasteiger partial charge in [-0.1, -0.05) is 54.6 Å². The van der Waals surface area contributed by atoms with Gasteiger partial charge >= 0.3 is 23.9 Å². The first-order valence-corrected chi connectivity index (χ1v) is 10.5. The van der Waals surface area contributed by atoms with Crippen LogP contribution in [0.4, 0.5) is 39.5 Å². The molecule has 0 fully saturated rings. The summed E-state index contributed by atoms with van der Waals surface area (Å²) in [5.74, 6) is -18.7. The van der Waals surface area contributed by atoms with Crippen molar-refractivity contribution in [1.82, 2.24) is 0 Å². The normalized spacial score (nSPS) is 12.8. The van der Waals surface area contributed by atoms with Gasteiger partial charge in [-0.15, -0.1) is 0 Å². The highest BCUT2D eigenvalue weighted by atomic mass is 32.2. The Balaban J connectivity index is 0.000000248. The number of alkyl halides is 9. The zero-order chi connectivity index (χ0) is 24.9. The molecule has 178 valence electrons. The first-order valence-electron chi connectivity index (χ1n) is 9.30. The second-order valence-corrected chi connectivity index (χ2v) is 8.81. The summed E-state index contributed by atoms with van der Waals surface area (Å²) in [6.45, 7) is -0.716. The quantitative estimate of drug-likeness (QED) is 0.246. The molecule has 0 unspecified atom stereocenters. The van der Waals surface area contributed by atoms with Gasteiger partial charge in [0.15, 0.2) is 14.7 Å². The van der Waals surface area contributed by atoms with E-state index in [4.69, 9.17) is 0 Å². The van der Waals surface area contributed by atoms with Crippen LogP contribution in [0.2, 0.25) is 0 Å². The first-order chi connectivity index (χ1) is 15.2. The lowest BCUT2D eigenvalue weighted by molar-refractivity contribution is -0.393. The van der Waals surface area contributed by atoms with Gasteiger partial charge in [0.2, 0.25) is 0 Å². The molecular weight excluding hydrogens is 479 g/mol. The van der Waals surface area contributed by atoms with E-state index >= 15 is 0 Å². The van der Waals surface area contributed by atoms with E-state index in [-0.39, 0.29) is 10.9 Å².